The Hall–Kier alpha value is -1.70. The van der Waals surface area contributed by atoms with Crippen LogP contribution in [0, 0.1) is 0 Å². The molecule has 0 aliphatic rings. The monoisotopic (exact) mass is 248 g/mol. The molecule has 0 unspecified atom stereocenters. The number of amides is 1. The smallest absolute Gasteiger partial charge is 0.349 e. The molecule has 17 heavy (non-hydrogen) atoms. The molecule has 0 saturated heterocycles. The number of aromatic nitrogens is 2. The first-order valence-corrected chi connectivity index (χ1v) is 4.78. The fourth-order valence-corrected chi connectivity index (χ4v) is 0.997. The van der Waals surface area contributed by atoms with Crippen LogP contribution in [0.2, 0.25) is 0 Å². The highest BCUT2D eigenvalue weighted by atomic mass is 19.4. The number of carbonyl (C=O) groups is 1. The summed E-state index contributed by atoms with van der Waals surface area (Å²) in [5, 5.41) is 11.7. The average Bonchev–Trinajstić information content (AvgIpc) is 2.26. The maximum atomic E-state index is 11.7. The molecule has 0 radical (unpaired) electrons. The Morgan fingerprint density at radius 2 is 2.18 bits per heavy atom. The van der Waals surface area contributed by atoms with Crippen molar-refractivity contribution < 1.29 is 18.0 Å². The lowest BCUT2D eigenvalue weighted by atomic mass is 10.4. The number of hydrogen-bond donors (Lipinski definition) is 2. The van der Waals surface area contributed by atoms with Crippen LogP contribution >= 0.6 is 0 Å². The Kier molecular flexibility index (Phi) is 4.83. The number of hydrogen-bond acceptors (Lipinski definition) is 4. The largest absolute Gasteiger partial charge is 0.401 e. The van der Waals surface area contributed by atoms with E-state index in [0.29, 0.717) is 5.69 Å². The van der Waals surface area contributed by atoms with Crippen LogP contribution in [0.15, 0.2) is 18.3 Å². The fraction of sp³-hybridized carbons (Fsp3) is 0.444. The lowest BCUT2D eigenvalue weighted by Crippen LogP contribution is -2.38. The molecule has 0 fully saturated rings. The molecular weight excluding hydrogens is 237 g/mol. The predicted octanol–water partition coefficient (Wildman–Crippen LogP) is 0.245. The maximum Gasteiger partial charge on any atom is 0.401 e. The Morgan fingerprint density at radius 3 is 2.76 bits per heavy atom. The zero-order chi connectivity index (χ0) is 12.7. The van der Waals surface area contributed by atoms with E-state index in [1.54, 1.807) is 12.1 Å². The topological polar surface area (TPSA) is 66.9 Å². The molecule has 0 bridgehead atoms. The van der Waals surface area contributed by atoms with Crippen LogP contribution in [0.3, 0.4) is 0 Å². The summed E-state index contributed by atoms with van der Waals surface area (Å²) in [4.78, 5) is 11.1. The van der Waals surface area contributed by atoms with Crippen LogP contribution in [0.25, 0.3) is 0 Å². The van der Waals surface area contributed by atoms with Gasteiger partial charge in [-0.05, 0) is 12.1 Å². The number of halogens is 3. The van der Waals surface area contributed by atoms with Gasteiger partial charge >= 0.3 is 6.18 Å². The van der Waals surface area contributed by atoms with Crippen molar-refractivity contribution in [3.05, 3.63) is 24.0 Å². The standard InChI is InChI=1S/C9H11F3N4O/c10-9(11,12)6-13-5-8(17)14-4-7-2-1-3-15-16-7/h1-3,13H,4-6H2,(H,14,17). The van der Waals surface area contributed by atoms with Crippen molar-refractivity contribution >= 4 is 5.91 Å². The minimum absolute atomic E-state index is 0.139. The van der Waals surface area contributed by atoms with Gasteiger partial charge in [0.2, 0.25) is 5.91 Å². The molecule has 0 aromatic carbocycles. The van der Waals surface area contributed by atoms with Gasteiger partial charge < -0.3 is 10.6 Å². The van der Waals surface area contributed by atoms with E-state index in [-0.39, 0.29) is 13.1 Å². The first kappa shape index (κ1) is 13.4. The van der Waals surface area contributed by atoms with Crippen molar-refractivity contribution in [1.29, 1.82) is 0 Å². The van der Waals surface area contributed by atoms with E-state index in [0.717, 1.165) is 0 Å². The van der Waals surface area contributed by atoms with Crippen molar-refractivity contribution in [3.63, 3.8) is 0 Å². The van der Waals surface area contributed by atoms with Crippen molar-refractivity contribution in [2.24, 2.45) is 0 Å². The summed E-state index contributed by atoms with van der Waals surface area (Å²) in [5.41, 5.74) is 0.539. The minimum Gasteiger partial charge on any atom is -0.349 e. The lowest BCUT2D eigenvalue weighted by Gasteiger charge is -2.08. The number of alkyl halides is 3. The van der Waals surface area contributed by atoms with E-state index < -0.39 is 18.6 Å². The van der Waals surface area contributed by atoms with Crippen LogP contribution in [0.4, 0.5) is 13.2 Å². The number of nitrogens with zero attached hydrogens (tertiary/aromatic N) is 2. The summed E-state index contributed by atoms with van der Waals surface area (Å²) in [7, 11) is 0. The molecule has 0 saturated carbocycles. The maximum absolute atomic E-state index is 11.7. The van der Waals surface area contributed by atoms with Crippen molar-refractivity contribution in [3.8, 4) is 0 Å². The molecule has 5 nitrogen and oxygen atoms in total. The van der Waals surface area contributed by atoms with E-state index in [4.69, 9.17) is 0 Å². The van der Waals surface area contributed by atoms with Gasteiger partial charge in [0.05, 0.1) is 25.3 Å². The molecule has 1 aromatic heterocycles. The number of nitrogens with one attached hydrogen (secondary N) is 2. The highest BCUT2D eigenvalue weighted by molar-refractivity contribution is 5.77. The zero-order valence-electron chi connectivity index (χ0n) is 8.79. The van der Waals surface area contributed by atoms with Gasteiger partial charge in [0.15, 0.2) is 0 Å². The Balaban J connectivity index is 2.18. The van der Waals surface area contributed by atoms with Crippen LogP contribution in [0.1, 0.15) is 5.69 Å². The molecule has 1 aromatic rings. The quantitative estimate of drug-likeness (QED) is 0.783. The minimum atomic E-state index is -4.31. The summed E-state index contributed by atoms with van der Waals surface area (Å²) in [6.07, 6.45) is -2.83. The van der Waals surface area contributed by atoms with Gasteiger partial charge in [-0.15, -0.1) is 0 Å². The van der Waals surface area contributed by atoms with Gasteiger partial charge in [-0.3, -0.25) is 4.79 Å². The predicted molar refractivity (Wildman–Crippen MR) is 52.8 cm³/mol. The van der Waals surface area contributed by atoms with Crippen molar-refractivity contribution in [1.82, 2.24) is 20.8 Å². The number of carbonyl (C=O) groups excluding carboxylic acids is 1. The van der Waals surface area contributed by atoms with Gasteiger partial charge in [0, 0.05) is 6.20 Å². The Labute approximate surface area is 95.4 Å². The van der Waals surface area contributed by atoms with Crippen LogP contribution in [-0.2, 0) is 11.3 Å². The van der Waals surface area contributed by atoms with Gasteiger partial charge in [-0.2, -0.15) is 23.4 Å². The van der Waals surface area contributed by atoms with E-state index in [2.05, 4.69) is 15.5 Å². The molecule has 1 heterocycles. The summed E-state index contributed by atoms with van der Waals surface area (Å²) in [6, 6.07) is 3.30. The lowest BCUT2D eigenvalue weighted by molar-refractivity contribution is -0.128. The van der Waals surface area contributed by atoms with E-state index in [9.17, 15) is 18.0 Å². The Morgan fingerprint density at radius 1 is 1.41 bits per heavy atom. The average molecular weight is 248 g/mol. The summed E-state index contributed by atoms with van der Waals surface area (Å²) < 4.78 is 35.2. The van der Waals surface area contributed by atoms with Gasteiger partial charge in [0.25, 0.3) is 0 Å². The molecule has 2 N–H and O–H groups in total. The van der Waals surface area contributed by atoms with E-state index >= 15 is 0 Å². The second-order valence-electron chi connectivity index (χ2n) is 3.21. The van der Waals surface area contributed by atoms with Gasteiger partial charge in [-0.1, -0.05) is 0 Å². The zero-order valence-corrected chi connectivity index (χ0v) is 8.79. The first-order chi connectivity index (χ1) is 7.97. The SMILES string of the molecule is O=C(CNCC(F)(F)F)NCc1cccnn1. The third-order valence-corrected chi connectivity index (χ3v) is 1.71. The van der Waals surface area contributed by atoms with E-state index in [1.165, 1.54) is 6.20 Å². The van der Waals surface area contributed by atoms with Gasteiger partial charge in [0.1, 0.15) is 0 Å². The highest BCUT2D eigenvalue weighted by Gasteiger charge is 2.26. The molecular formula is C9H11F3N4O. The Bertz CT molecular complexity index is 355. The second kappa shape index (κ2) is 6.14. The summed E-state index contributed by atoms with van der Waals surface area (Å²) in [6.45, 7) is -1.44. The second-order valence-corrected chi connectivity index (χ2v) is 3.21. The third kappa shape index (κ3) is 6.46. The molecule has 0 aliphatic heterocycles. The summed E-state index contributed by atoms with van der Waals surface area (Å²) in [5.74, 6) is -0.528. The molecule has 8 heteroatoms. The van der Waals surface area contributed by atoms with Crippen LogP contribution in [0.5, 0.6) is 0 Å². The molecule has 0 atom stereocenters. The molecule has 0 aliphatic carbocycles. The van der Waals surface area contributed by atoms with Crippen molar-refractivity contribution in [2.75, 3.05) is 13.1 Å². The molecule has 0 spiro atoms. The highest BCUT2D eigenvalue weighted by Crippen LogP contribution is 2.11. The molecule has 94 valence electrons. The third-order valence-electron chi connectivity index (χ3n) is 1.71. The number of rotatable bonds is 5. The van der Waals surface area contributed by atoms with Crippen molar-refractivity contribution in [2.45, 2.75) is 12.7 Å². The van der Waals surface area contributed by atoms with E-state index in [1.807, 2.05) is 5.32 Å². The molecule has 1 amide bonds. The summed E-state index contributed by atoms with van der Waals surface area (Å²) >= 11 is 0. The normalized spacial score (nSPS) is 11.2. The van der Waals surface area contributed by atoms with Crippen LogP contribution < -0.4 is 10.6 Å². The van der Waals surface area contributed by atoms with Gasteiger partial charge in [-0.25, -0.2) is 0 Å². The first-order valence-electron chi connectivity index (χ1n) is 4.78. The van der Waals surface area contributed by atoms with Crippen LogP contribution in [-0.4, -0.2) is 35.4 Å². The molecule has 1 rings (SSSR count). The fourth-order valence-electron chi connectivity index (χ4n) is 0.997.